The number of hydrogen-bond acceptors (Lipinski definition) is 5. The maximum absolute atomic E-state index is 13.1. The molecule has 2 atom stereocenters. The summed E-state index contributed by atoms with van der Waals surface area (Å²) in [6.07, 6.45) is -0.477. The van der Waals surface area contributed by atoms with Gasteiger partial charge < -0.3 is 14.7 Å². The number of benzene rings is 1. The van der Waals surface area contributed by atoms with E-state index in [2.05, 4.69) is 43.5 Å². The normalized spacial score (nSPS) is 24.4. The van der Waals surface area contributed by atoms with Gasteiger partial charge in [-0.1, -0.05) is 18.2 Å². The van der Waals surface area contributed by atoms with Crippen LogP contribution < -0.4 is 4.90 Å². The standard InChI is InChI=1S/C20H25N5O2/c1-12(2)11-25-18(26)16-17(22(5)20(25)27)21-19-23(6-7-24(16)19)15-9-13(3)8-14(4)10-15/h8-10,16-17H,1,6-7,11H2,2-5H3. The van der Waals surface area contributed by atoms with Gasteiger partial charge in [0.1, 0.15) is 0 Å². The number of likely N-dealkylation sites (N-methyl/N-ethyl adjacent to an activating group) is 1. The predicted molar refractivity (Wildman–Crippen MR) is 105 cm³/mol. The van der Waals surface area contributed by atoms with Crippen molar-refractivity contribution in [2.24, 2.45) is 4.99 Å². The zero-order valence-corrected chi connectivity index (χ0v) is 16.3. The van der Waals surface area contributed by atoms with E-state index in [0.717, 1.165) is 23.8 Å². The lowest BCUT2D eigenvalue weighted by molar-refractivity contribution is -0.136. The Morgan fingerprint density at radius 2 is 1.85 bits per heavy atom. The molecular weight excluding hydrogens is 342 g/mol. The van der Waals surface area contributed by atoms with E-state index in [0.29, 0.717) is 6.54 Å². The number of anilines is 1. The molecule has 3 heterocycles. The van der Waals surface area contributed by atoms with E-state index >= 15 is 0 Å². The van der Waals surface area contributed by atoms with Crippen molar-refractivity contribution in [3.05, 3.63) is 41.5 Å². The van der Waals surface area contributed by atoms with Crippen LogP contribution in [0.25, 0.3) is 0 Å². The van der Waals surface area contributed by atoms with Gasteiger partial charge in [0.05, 0.1) is 6.54 Å². The molecule has 7 nitrogen and oxygen atoms in total. The summed E-state index contributed by atoms with van der Waals surface area (Å²) < 4.78 is 0. The number of amides is 3. The highest BCUT2D eigenvalue weighted by molar-refractivity contribution is 6.08. The average molecular weight is 367 g/mol. The van der Waals surface area contributed by atoms with Gasteiger partial charge in [-0.15, -0.1) is 0 Å². The Bertz CT molecular complexity index is 857. The first-order valence-corrected chi connectivity index (χ1v) is 9.21. The number of carbonyl (C=O) groups excluding carboxylic acids is 2. The van der Waals surface area contributed by atoms with Gasteiger partial charge in [-0.2, -0.15) is 0 Å². The molecular formula is C20H25N5O2. The molecule has 0 bridgehead atoms. The highest BCUT2D eigenvalue weighted by Gasteiger charge is 2.54. The Kier molecular flexibility index (Phi) is 3.98. The Labute approximate surface area is 159 Å². The maximum Gasteiger partial charge on any atom is 0.328 e. The van der Waals surface area contributed by atoms with Crippen molar-refractivity contribution in [2.75, 3.05) is 31.6 Å². The minimum absolute atomic E-state index is 0.188. The number of nitrogens with zero attached hydrogens (tertiary/aromatic N) is 5. The van der Waals surface area contributed by atoms with Crippen LogP contribution in [0.1, 0.15) is 18.1 Å². The molecule has 4 rings (SSSR count). The van der Waals surface area contributed by atoms with Crippen LogP contribution in [0, 0.1) is 13.8 Å². The topological polar surface area (TPSA) is 59.5 Å². The molecule has 2 fully saturated rings. The number of carbonyl (C=O) groups is 2. The smallest absolute Gasteiger partial charge is 0.325 e. The van der Waals surface area contributed by atoms with Crippen LogP contribution in [-0.4, -0.2) is 71.5 Å². The third kappa shape index (κ3) is 2.69. The number of rotatable bonds is 3. The molecule has 0 radical (unpaired) electrons. The first kappa shape index (κ1) is 17.6. The second-order valence-corrected chi connectivity index (χ2v) is 7.75. The van der Waals surface area contributed by atoms with Crippen LogP contribution in [0.15, 0.2) is 35.3 Å². The number of aryl methyl sites for hydroxylation is 2. The van der Waals surface area contributed by atoms with E-state index in [1.54, 1.807) is 11.9 Å². The van der Waals surface area contributed by atoms with Gasteiger partial charge in [0.15, 0.2) is 12.2 Å². The van der Waals surface area contributed by atoms with Crippen LogP contribution in [0.5, 0.6) is 0 Å². The summed E-state index contributed by atoms with van der Waals surface area (Å²) in [6, 6.07) is 5.63. The molecule has 1 aromatic rings. The molecule has 2 unspecified atom stereocenters. The first-order chi connectivity index (χ1) is 12.8. The molecule has 27 heavy (non-hydrogen) atoms. The van der Waals surface area contributed by atoms with Crippen molar-refractivity contribution in [1.29, 1.82) is 0 Å². The Balaban J connectivity index is 1.68. The molecule has 0 aliphatic carbocycles. The summed E-state index contributed by atoms with van der Waals surface area (Å²) in [5, 5.41) is 0. The van der Waals surface area contributed by atoms with Gasteiger partial charge in [-0.3, -0.25) is 9.69 Å². The van der Waals surface area contributed by atoms with E-state index in [4.69, 9.17) is 4.99 Å². The minimum Gasteiger partial charge on any atom is -0.325 e. The second kappa shape index (κ2) is 6.11. The van der Waals surface area contributed by atoms with Gasteiger partial charge in [0.25, 0.3) is 5.91 Å². The quantitative estimate of drug-likeness (QED) is 0.767. The number of fused-ring (bicyclic) bond motifs is 3. The summed E-state index contributed by atoms with van der Waals surface area (Å²) in [6.45, 7) is 11.5. The molecule has 3 aliphatic heterocycles. The molecule has 3 amide bonds. The lowest BCUT2D eigenvalue weighted by atomic mass is 10.1. The highest BCUT2D eigenvalue weighted by atomic mass is 16.2. The fourth-order valence-electron chi connectivity index (χ4n) is 4.20. The van der Waals surface area contributed by atoms with Crippen LogP contribution in [0.4, 0.5) is 10.5 Å². The average Bonchev–Trinajstić information content (AvgIpc) is 3.14. The SMILES string of the molecule is C=C(C)CN1C(=O)C2C(N=C3N(c4cc(C)cc(C)c4)CCN32)N(C)C1=O. The zero-order valence-electron chi connectivity index (χ0n) is 16.3. The highest BCUT2D eigenvalue weighted by Crippen LogP contribution is 2.34. The molecule has 2 saturated heterocycles. The predicted octanol–water partition coefficient (Wildman–Crippen LogP) is 1.96. The summed E-state index contributed by atoms with van der Waals surface area (Å²) in [7, 11) is 1.71. The van der Waals surface area contributed by atoms with Crippen LogP contribution in [0.3, 0.4) is 0 Å². The first-order valence-electron chi connectivity index (χ1n) is 9.21. The molecule has 0 aromatic heterocycles. The van der Waals surface area contributed by atoms with Crippen LogP contribution in [-0.2, 0) is 4.79 Å². The van der Waals surface area contributed by atoms with E-state index < -0.39 is 12.2 Å². The number of hydrogen-bond donors (Lipinski definition) is 0. The maximum atomic E-state index is 13.1. The van der Waals surface area contributed by atoms with Crippen molar-refractivity contribution >= 4 is 23.6 Å². The van der Waals surface area contributed by atoms with Gasteiger partial charge in [0, 0.05) is 25.8 Å². The van der Waals surface area contributed by atoms with Crippen molar-refractivity contribution in [2.45, 2.75) is 33.0 Å². The second-order valence-electron chi connectivity index (χ2n) is 7.75. The third-order valence-corrected chi connectivity index (χ3v) is 5.32. The fourth-order valence-corrected chi connectivity index (χ4v) is 4.20. The van der Waals surface area contributed by atoms with E-state index in [-0.39, 0.29) is 18.5 Å². The molecule has 0 N–H and O–H groups in total. The summed E-state index contributed by atoms with van der Waals surface area (Å²) in [5.74, 6) is 0.590. The summed E-state index contributed by atoms with van der Waals surface area (Å²) >= 11 is 0. The molecule has 1 aromatic carbocycles. The van der Waals surface area contributed by atoms with E-state index in [1.807, 2.05) is 11.8 Å². The largest absolute Gasteiger partial charge is 0.328 e. The summed E-state index contributed by atoms with van der Waals surface area (Å²) in [5.41, 5.74) is 4.24. The monoisotopic (exact) mass is 367 g/mol. The van der Waals surface area contributed by atoms with Gasteiger partial charge in [0.2, 0.25) is 5.96 Å². The minimum atomic E-state index is -0.477. The van der Waals surface area contributed by atoms with Gasteiger partial charge in [-0.25, -0.2) is 9.79 Å². The van der Waals surface area contributed by atoms with Gasteiger partial charge in [-0.05, 0) is 44.0 Å². The number of imide groups is 1. The van der Waals surface area contributed by atoms with Crippen LogP contribution in [0.2, 0.25) is 0 Å². The van der Waals surface area contributed by atoms with Crippen molar-refractivity contribution in [3.8, 4) is 0 Å². The lowest BCUT2D eigenvalue weighted by Crippen LogP contribution is -2.65. The molecule has 142 valence electrons. The van der Waals surface area contributed by atoms with Crippen LogP contribution >= 0.6 is 0 Å². The fraction of sp³-hybridized carbons (Fsp3) is 0.450. The number of aliphatic imine (C=N–C) groups is 1. The molecule has 3 aliphatic rings. The van der Waals surface area contributed by atoms with E-state index in [9.17, 15) is 9.59 Å². The van der Waals surface area contributed by atoms with Crippen molar-refractivity contribution in [1.82, 2.24) is 14.7 Å². The molecule has 0 saturated carbocycles. The van der Waals surface area contributed by atoms with E-state index in [1.165, 1.54) is 16.0 Å². The van der Waals surface area contributed by atoms with Crippen molar-refractivity contribution in [3.63, 3.8) is 0 Å². The molecule has 0 spiro atoms. The zero-order chi connectivity index (χ0) is 19.5. The number of guanidine groups is 1. The Hall–Kier alpha value is -2.83. The Morgan fingerprint density at radius 1 is 1.19 bits per heavy atom. The summed E-state index contributed by atoms with van der Waals surface area (Å²) in [4.78, 5) is 37.6. The van der Waals surface area contributed by atoms with Gasteiger partial charge >= 0.3 is 6.03 Å². The third-order valence-electron chi connectivity index (χ3n) is 5.32. The number of urea groups is 1. The Morgan fingerprint density at radius 3 is 2.48 bits per heavy atom. The lowest BCUT2D eigenvalue weighted by Gasteiger charge is -2.40. The van der Waals surface area contributed by atoms with Crippen molar-refractivity contribution < 1.29 is 9.59 Å². The molecule has 7 heteroatoms.